The van der Waals surface area contributed by atoms with Crippen molar-refractivity contribution in [1.29, 1.82) is 0 Å². The molecule has 1 fully saturated rings. The van der Waals surface area contributed by atoms with E-state index in [-0.39, 0.29) is 19.0 Å². The number of para-hydroxylation sites is 1. The van der Waals surface area contributed by atoms with Crippen molar-refractivity contribution in [2.75, 3.05) is 13.2 Å². The van der Waals surface area contributed by atoms with E-state index < -0.39 is 37.3 Å². The second-order valence-electron chi connectivity index (χ2n) is 8.90. The summed E-state index contributed by atoms with van der Waals surface area (Å²) in [5, 5.41) is 54.4. The molecule has 0 amide bonds. The number of ether oxygens (including phenoxy) is 3. The average molecular weight is 515 g/mol. The first-order valence-corrected chi connectivity index (χ1v) is 12.4. The lowest BCUT2D eigenvalue weighted by atomic mass is 9.99. The molecule has 10 nitrogen and oxygen atoms in total. The van der Waals surface area contributed by atoms with E-state index in [4.69, 9.17) is 14.2 Å². The molecular formula is C27H34N2O8. The Morgan fingerprint density at radius 3 is 2.38 bits per heavy atom. The van der Waals surface area contributed by atoms with Gasteiger partial charge in [0.1, 0.15) is 36.8 Å². The number of hydrogen-bond acceptors (Lipinski definition) is 9. The maximum atomic E-state index is 10.5. The van der Waals surface area contributed by atoms with Gasteiger partial charge in [-0.05, 0) is 23.6 Å². The Bertz CT molecular complexity index is 1140. The van der Waals surface area contributed by atoms with Gasteiger partial charge in [0.25, 0.3) is 0 Å². The Hall–Kier alpha value is -2.99. The molecule has 0 aliphatic carbocycles. The highest BCUT2D eigenvalue weighted by atomic mass is 16.7. The highest BCUT2D eigenvalue weighted by Crippen LogP contribution is 2.32. The molecule has 1 aliphatic heterocycles. The van der Waals surface area contributed by atoms with Crippen LogP contribution in [-0.4, -0.2) is 79.2 Å². The summed E-state index contributed by atoms with van der Waals surface area (Å²) in [5.74, 6) is 0.856. The van der Waals surface area contributed by atoms with Crippen LogP contribution < -0.4 is 9.47 Å². The number of rotatable bonds is 11. The molecule has 1 aromatic heterocycles. The normalized spacial score (nSPS) is 23.7. The van der Waals surface area contributed by atoms with Gasteiger partial charge < -0.3 is 39.7 Å². The van der Waals surface area contributed by atoms with Crippen LogP contribution in [0.2, 0.25) is 0 Å². The fourth-order valence-corrected chi connectivity index (χ4v) is 4.45. The first-order chi connectivity index (χ1) is 18.0. The Balaban J connectivity index is 1.63. The Kier molecular flexibility index (Phi) is 9.14. The molecule has 1 unspecified atom stereocenters. The van der Waals surface area contributed by atoms with Crippen LogP contribution in [-0.2, 0) is 30.7 Å². The van der Waals surface area contributed by atoms with Crippen molar-refractivity contribution in [2.24, 2.45) is 0 Å². The third-order valence-electron chi connectivity index (χ3n) is 6.43. The van der Waals surface area contributed by atoms with Gasteiger partial charge in [-0.3, -0.25) is 4.68 Å². The largest absolute Gasteiger partial charge is 0.489 e. The van der Waals surface area contributed by atoms with Crippen molar-refractivity contribution >= 4 is 0 Å². The Morgan fingerprint density at radius 1 is 0.946 bits per heavy atom. The van der Waals surface area contributed by atoms with E-state index >= 15 is 0 Å². The summed E-state index contributed by atoms with van der Waals surface area (Å²) >= 11 is 0. The number of benzene rings is 2. The van der Waals surface area contributed by atoms with Gasteiger partial charge in [-0.1, -0.05) is 55.5 Å². The van der Waals surface area contributed by atoms with Gasteiger partial charge in [0.15, 0.2) is 0 Å². The van der Waals surface area contributed by atoms with Crippen molar-refractivity contribution < 1.29 is 39.7 Å². The van der Waals surface area contributed by atoms with E-state index in [1.807, 2.05) is 61.5 Å². The molecule has 2 heterocycles. The van der Waals surface area contributed by atoms with Crippen LogP contribution in [0.15, 0.2) is 54.6 Å². The molecule has 0 radical (unpaired) electrons. The Labute approximate surface area is 215 Å². The van der Waals surface area contributed by atoms with Crippen LogP contribution in [0.25, 0.3) is 0 Å². The highest BCUT2D eigenvalue weighted by molar-refractivity contribution is 5.42. The molecule has 0 saturated carbocycles. The Morgan fingerprint density at radius 2 is 1.68 bits per heavy atom. The van der Waals surface area contributed by atoms with E-state index in [1.54, 1.807) is 4.68 Å². The molecule has 5 N–H and O–H groups in total. The molecule has 1 aliphatic rings. The lowest BCUT2D eigenvalue weighted by molar-refractivity contribution is -0.278. The number of aliphatic hydroxyl groups excluding tert-OH is 5. The second kappa shape index (κ2) is 12.5. The average Bonchev–Trinajstić information content (AvgIpc) is 3.24. The smallest absolute Gasteiger partial charge is 0.239 e. The highest BCUT2D eigenvalue weighted by Gasteiger charge is 2.45. The maximum absolute atomic E-state index is 10.5. The van der Waals surface area contributed by atoms with Crippen LogP contribution in [0, 0.1) is 0 Å². The number of aliphatic hydroxyl groups is 5. The van der Waals surface area contributed by atoms with Gasteiger partial charge in [0.05, 0.1) is 19.8 Å². The first kappa shape index (κ1) is 27.1. The van der Waals surface area contributed by atoms with Crippen molar-refractivity contribution in [1.82, 2.24) is 9.78 Å². The summed E-state index contributed by atoms with van der Waals surface area (Å²) in [6.07, 6.45) is -6.15. The zero-order chi connectivity index (χ0) is 26.4. The lowest BCUT2D eigenvalue weighted by Gasteiger charge is -2.39. The second-order valence-corrected chi connectivity index (χ2v) is 8.90. The molecule has 10 heteroatoms. The summed E-state index contributed by atoms with van der Waals surface area (Å²) in [6, 6.07) is 17.5. The fraction of sp³-hybridized carbons (Fsp3) is 0.444. The summed E-state index contributed by atoms with van der Waals surface area (Å²) in [4.78, 5) is 0. The molecular weight excluding hydrogens is 480 g/mol. The van der Waals surface area contributed by atoms with E-state index in [0.717, 1.165) is 16.8 Å². The SMILES string of the molecule is CCc1c(Cc2ccccc2OCc2ccccc2)c(OC2O[C@H](CO)[C@@H](O)[C@H](O)[C@H]2O)nn1CCO. The fourth-order valence-electron chi connectivity index (χ4n) is 4.45. The van der Waals surface area contributed by atoms with Gasteiger partial charge in [-0.25, -0.2) is 0 Å². The zero-order valence-electron chi connectivity index (χ0n) is 20.7. The van der Waals surface area contributed by atoms with Gasteiger partial charge in [0, 0.05) is 17.7 Å². The summed E-state index contributed by atoms with van der Waals surface area (Å²) in [7, 11) is 0. The van der Waals surface area contributed by atoms with Gasteiger partial charge in [0.2, 0.25) is 12.2 Å². The maximum Gasteiger partial charge on any atom is 0.239 e. The minimum atomic E-state index is -1.57. The standard InChI is InChI=1S/C27H34N2O8/c1-2-20-19(14-18-10-6-7-11-21(18)35-16-17-8-4-3-5-9-17)26(28-29(20)12-13-30)37-27-25(34)24(33)23(32)22(15-31)36-27/h3-11,22-25,27,30-34H,2,12-16H2,1H3/t22-,23-,24+,25-,27?/m1/s1. The molecule has 37 heavy (non-hydrogen) atoms. The van der Waals surface area contributed by atoms with Gasteiger partial charge >= 0.3 is 0 Å². The molecule has 2 aromatic carbocycles. The molecule has 0 spiro atoms. The van der Waals surface area contributed by atoms with E-state index in [0.29, 0.717) is 30.8 Å². The van der Waals surface area contributed by atoms with Crippen molar-refractivity contribution in [3.63, 3.8) is 0 Å². The van der Waals surface area contributed by atoms with Crippen LogP contribution in [0.5, 0.6) is 11.6 Å². The molecule has 1 saturated heterocycles. The summed E-state index contributed by atoms with van der Waals surface area (Å²) in [6.45, 7) is 1.90. The van der Waals surface area contributed by atoms with Gasteiger partial charge in [-0.15, -0.1) is 5.10 Å². The first-order valence-electron chi connectivity index (χ1n) is 12.4. The minimum absolute atomic E-state index is 0.135. The molecule has 200 valence electrons. The summed E-state index contributed by atoms with van der Waals surface area (Å²) in [5.41, 5.74) is 3.46. The van der Waals surface area contributed by atoms with E-state index in [9.17, 15) is 25.5 Å². The number of hydrogen-bond donors (Lipinski definition) is 5. The number of nitrogens with zero attached hydrogens (tertiary/aromatic N) is 2. The zero-order valence-corrected chi connectivity index (χ0v) is 20.7. The van der Waals surface area contributed by atoms with Crippen LogP contribution >= 0.6 is 0 Å². The number of aromatic nitrogens is 2. The van der Waals surface area contributed by atoms with Crippen LogP contribution in [0.3, 0.4) is 0 Å². The third-order valence-corrected chi connectivity index (χ3v) is 6.43. The predicted molar refractivity (Wildman–Crippen MR) is 133 cm³/mol. The molecule has 0 bridgehead atoms. The quantitative estimate of drug-likeness (QED) is 0.251. The predicted octanol–water partition coefficient (Wildman–Crippen LogP) is 0.786. The monoisotopic (exact) mass is 514 g/mol. The van der Waals surface area contributed by atoms with Crippen molar-refractivity contribution in [2.45, 2.75) is 63.6 Å². The molecule has 4 rings (SSSR count). The third kappa shape index (κ3) is 6.12. The van der Waals surface area contributed by atoms with Gasteiger partial charge in [-0.2, -0.15) is 0 Å². The van der Waals surface area contributed by atoms with Crippen LogP contribution in [0.4, 0.5) is 0 Å². The van der Waals surface area contributed by atoms with Crippen molar-refractivity contribution in [3.05, 3.63) is 77.0 Å². The van der Waals surface area contributed by atoms with Crippen LogP contribution in [0.1, 0.15) is 29.3 Å². The van der Waals surface area contributed by atoms with Crippen molar-refractivity contribution in [3.8, 4) is 11.6 Å². The lowest BCUT2D eigenvalue weighted by Crippen LogP contribution is -2.60. The summed E-state index contributed by atoms with van der Waals surface area (Å²) < 4.78 is 19.3. The molecule has 3 aromatic rings. The van der Waals surface area contributed by atoms with E-state index in [1.165, 1.54) is 0 Å². The van der Waals surface area contributed by atoms with E-state index in [2.05, 4.69) is 5.10 Å². The minimum Gasteiger partial charge on any atom is -0.489 e. The molecule has 5 atom stereocenters. The topological polar surface area (TPSA) is 147 Å².